The summed E-state index contributed by atoms with van der Waals surface area (Å²) in [6.45, 7) is 2.26. The summed E-state index contributed by atoms with van der Waals surface area (Å²) in [7, 11) is 0. The number of aliphatic hydroxyl groups is 1. The van der Waals surface area contributed by atoms with Gasteiger partial charge in [-0.05, 0) is 48.1 Å². The molecule has 3 aromatic heterocycles. The number of hydrogen-bond acceptors (Lipinski definition) is 6. The van der Waals surface area contributed by atoms with Gasteiger partial charge in [0.25, 0.3) is 5.56 Å². The smallest absolute Gasteiger partial charge is 0.274 e. The summed E-state index contributed by atoms with van der Waals surface area (Å²) >= 11 is 1.62. The number of fused-ring (bicyclic) bond motifs is 4. The van der Waals surface area contributed by atoms with Gasteiger partial charge in [-0.2, -0.15) is 0 Å². The minimum Gasteiger partial charge on any atom is -0.462 e. The van der Waals surface area contributed by atoms with Crippen molar-refractivity contribution < 1.29 is 14.3 Å². The average molecular weight is 440 g/mol. The maximum atomic E-state index is 13.1. The van der Waals surface area contributed by atoms with Gasteiger partial charge < -0.3 is 24.3 Å². The lowest BCUT2D eigenvalue weighted by Gasteiger charge is -2.43. The van der Waals surface area contributed by atoms with Gasteiger partial charge in [-0.3, -0.25) is 9.59 Å². The summed E-state index contributed by atoms with van der Waals surface area (Å²) in [5.41, 5.74) is 1.52. The quantitative estimate of drug-likeness (QED) is 0.617. The van der Waals surface area contributed by atoms with Crippen LogP contribution in [0.25, 0.3) is 0 Å². The Hall–Kier alpha value is -2.84. The Morgan fingerprint density at radius 1 is 1.16 bits per heavy atom. The molecule has 2 N–H and O–H groups in total. The number of likely N-dealkylation sites (tertiary alicyclic amines) is 1. The molecule has 31 heavy (non-hydrogen) atoms. The molecule has 7 nitrogen and oxygen atoms in total. The molecular formula is C23H25N3O4S. The van der Waals surface area contributed by atoms with Crippen LogP contribution >= 0.6 is 11.3 Å². The van der Waals surface area contributed by atoms with Crippen LogP contribution in [-0.4, -0.2) is 33.6 Å². The Morgan fingerprint density at radius 2 is 2.03 bits per heavy atom. The molecule has 0 aliphatic carbocycles. The van der Waals surface area contributed by atoms with E-state index >= 15 is 0 Å². The Morgan fingerprint density at radius 3 is 2.81 bits per heavy atom. The molecule has 2 unspecified atom stereocenters. The van der Waals surface area contributed by atoms with Crippen molar-refractivity contribution in [1.29, 1.82) is 0 Å². The number of aromatic nitrogens is 1. The van der Waals surface area contributed by atoms with Crippen LogP contribution in [0.2, 0.25) is 0 Å². The zero-order valence-electron chi connectivity index (χ0n) is 17.1. The number of piperidine rings is 1. The number of pyridine rings is 1. The summed E-state index contributed by atoms with van der Waals surface area (Å²) in [6.07, 6.45) is 1.48. The minimum atomic E-state index is -0.142. The zero-order chi connectivity index (χ0) is 21.4. The number of aliphatic hydroxyl groups excluding tert-OH is 1. The van der Waals surface area contributed by atoms with Crippen molar-refractivity contribution in [3.8, 4) is 0 Å². The standard InChI is InChI=1S/C23H25N3O4S/c27-14-18-4-3-17(30-18)10-24-20-5-6-21-16-8-15(12-26(21)23(20)29)11-25(13-16)22(28)9-19-2-1-7-31-19/h1-7,15-16,24,27H,8-14H2. The lowest BCUT2D eigenvalue weighted by molar-refractivity contribution is -0.133. The molecule has 0 aromatic carbocycles. The van der Waals surface area contributed by atoms with E-state index < -0.39 is 0 Å². The molecule has 2 aliphatic heterocycles. The molecule has 162 valence electrons. The van der Waals surface area contributed by atoms with Gasteiger partial charge in [0.2, 0.25) is 5.91 Å². The summed E-state index contributed by atoms with van der Waals surface area (Å²) in [5, 5.41) is 14.3. The average Bonchev–Trinajstić information content (AvgIpc) is 3.45. The van der Waals surface area contributed by atoms with Crippen molar-refractivity contribution >= 4 is 22.9 Å². The van der Waals surface area contributed by atoms with Crippen molar-refractivity contribution in [2.24, 2.45) is 5.92 Å². The predicted octanol–water partition coefficient (Wildman–Crippen LogP) is 2.80. The molecule has 0 saturated carbocycles. The molecule has 5 rings (SSSR count). The maximum absolute atomic E-state index is 13.1. The summed E-state index contributed by atoms with van der Waals surface area (Å²) in [4.78, 5) is 29.0. The van der Waals surface area contributed by atoms with E-state index in [1.807, 2.05) is 39.1 Å². The maximum Gasteiger partial charge on any atom is 0.274 e. The van der Waals surface area contributed by atoms with E-state index in [2.05, 4.69) is 5.32 Å². The number of thiophene rings is 1. The summed E-state index contributed by atoms with van der Waals surface area (Å²) in [6, 6.07) is 11.3. The van der Waals surface area contributed by atoms with Crippen molar-refractivity contribution in [2.45, 2.75) is 38.5 Å². The summed E-state index contributed by atoms with van der Waals surface area (Å²) in [5.74, 6) is 1.84. The third-order valence-corrected chi connectivity index (χ3v) is 7.07. The van der Waals surface area contributed by atoms with Crippen LogP contribution in [-0.2, 0) is 30.9 Å². The van der Waals surface area contributed by atoms with E-state index in [-0.39, 0.29) is 24.0 Å². The molecule has 0 spiro atoms. The fourth-order valence-electron chi connectivity index (χ4n) is 4.74. The van der Waals surface area contributed by atoms with E-state index in [9.17, 15) is 9.59 Å². The number of furan rings is 1. The molecule has 0 radical (unpaired) electrons. The molecule has 1 amide bonds. The Bertz CT molecular complexity index is 1130. The number of anilines is 1. The number of carbonyl (C=O) groups is 1. The highest BCUT2D eigenvalue weighted by molar-refractivity contribution is 7.10. The minimum absolute atomic E-state index is 0.0282. The van der Waals surface area contributed by atoms with Gasteiger partial charge in [-0.25, -0.2) is 0 Å². The van der Waals surface area contributed by atoms with Gasteiger partial charge >= 0.3 is 0 Å². The highest BCUT2D eigenvalue weighted by Crippen LogP contribution is 2.35. The Kier molecular flexibility index (Phi) is 5.41. The molecule has 5 heterocycles. The monoisotopic (exact) mass is 439 g/mol. The van der Waals surface area contributed by atoms with Crippen molar-refractivity contribution in [3.05, 3.63) is 74.2 Å². The molecule has 1 fully saturated rings. The Balaban J connectivity index is 1.30. The van der Waals surface area contributed by atoms with Crippen LogP contribution in [0.4, 0.5) is 5.69 Å². The predicted molar refractivity (Wildman–Crippen MR) is 118 cm³/mol. The molecule has 3 aromatic rings. The molecule has 8 heteroatoms. The number of nitrogens with one attached hydrogen (secondary N) is 1. The number of carbonyl (C=O) groups excluding carboxylic acids is 1. The van der Waals surface area contributed by atoms with E-state index in [1.165, 1.54) is 0 Å². The lowest BCUT2D eigenvalue weighted by Crippen LogP contribution is -2.49. The van der Waals surface area contributed by atoms with Gasteiger partial charge in [-0.15, -0.1) is 11.3 Å². The highest BCUT2D eigenvalue weighted by atomic mass is 32.1. The van der Waals surface area contributed by atoms with Crippen LogP contribution in [0, 0.1) is 5.92 Å². The van der Waals surface area contributed by atoms with Gasteiger partial charge in [-0.1, -0.05) is 6.07 Å². The van der Waals surface area contributed by atoms with Crippen LogP contribution in [0.15, 0.2) is 51.0 Å². The van der Waals surface area contributed by atoms with E-state index in [0.717, 1.165) is 17.0 Å². The number of rotatable bonds is 6. The van der Waals surface area contributed by atoms with Crippen LogP contribution in [0.3, 0.4) is 0 Å². The third-order valence-electron chi connectivity index (χ3n) is 6.19. The first-order chi connectivity index (χ1) is 15.1. The first-order valence-corrected chi connectivity index (χ1v) is 11.4. The Labute approximate surface area is 183 Å². The van der Waals surface area contributed by atoms with Crippen LogP contribution in [0.5, 0.6) is 0 Å². The van der Waals surface area contributed by atoms with Gasteiger partial charge in [0.15, 0.2) is 0 Å². The molecule has 2 bridgehead atoms. The van der Waals surface area contributed by atoms with Crippen LogP contribution in [0.1, 0.15) is 34.4 Å². The van der Waals surface area contributed by atoms with Crippen molar-refractivity contribution in [3.63, 3.8) is 0 Å². The molecule has 2 atom stereocenters. The first-order valence-electron chi connectivity index (χ1n) is 10.6. The van der Waals surface area contributed by atoms with Gasteiger partial charge in [0.1, 0.15) is 23.8 Å². The second-order valence-electron chi connectivity index (χ2n) is 8.32. The number of hydrogen-bond donors (Lipinski definition) is 2. The number of nitrogens with zero attached hydrogens (tertiary/aromatic N) is 2. The van der Waals surface area contributed by atoms with Crippen molar-refractivity contribution in [1.82, 2.24) is 9.47 Å². The summed E-state index contributed by atoms with van der Waals surface area (Å²) < 4.78 is 7.36. The van der Waals surface area contributed by atoms with E-state index in [1.54, 1.807) is 23.5 Å². The fraction of sp³-hybridized carbons (Fsp3) is 0.391. The highest BCUT2D eigenvalue weighted by Gasteiger charge is 2.36. The van der Waals surface area contributed by atoms with Gasteiger partial charge in [0, 0.05) is 36.1 Å². The zero-order valence-corrected chi connectivity index (χ0v) is 17.9. The second kappa shape index (κ2) is 8.36. The molecular weight excluding hydrogens is 414 g/mol. The topological polar surface area (TPSA) is 87.7 Å². The fourth-order valence-corrected chi connectivity index (χ4v) is 5.44. The normalized spacial score (nSPS) is 19.8. The van der Waals surface area contributed by atoms with Crippen LogP contribution < -0.4 is 10.9 Å². The second-order valence-corrected chi connectivity index (χ2v) is 9.35. The SMILES string of the molecule is O=C(Cc1cccs1)N1CC2CC(C1)c1ccc(NCc3ccc(CO)o3)c(=O)n1C2. The van der Waals surface area contributed by atoms with E-state index in [4.69, 9.17) is 9.52 Å². The third kappa shape index (κ3) is 4.05. The van der Waals surface area contributed by atoms with Gasteiger partial charge in [0.05, 0.1) is 13.0 Å². The lowest BCUT2D eigenvalue weighted by atomic mass is 9.83. The first kappa shape index (κ1) is 20.1. The largest absolute Gasteiger partial charge is 0.462 e. The van der Waals surface area contributed by atoms with E-state index in [0.29, 0.717) is 55.7 Å². The van der Waals surface area contributed by atoms with Crippen molar-refractivity contribution in [2.75, 3.05) is 18.4 Å². The molecule has 1 saturated heterocycles. The number of amides is 1. The molecule has 2 aliphatic rings.